The summed E-state index contributed by atoms with van der Waals surface area (Å²) in [5.41, 5.74) is 0.269. The molecule has 1 atom stereocenters. The summed E-state index contributed by atoms with van der Waals surface area (Å²) in [5.74, 6) is 0.560. The topological polar surface area (TPSA) is 50.4 Å². The van der Waals surface area contributed by atoms with Gasteiger partial charge in [-0.05, 0) is 50.6 Å². The van der Waals surface area contributed by atoms with Crippen molar-refractivity contribution in [3.05, 3.63) is 0 Å². The molecule has 4 nitrogen and oxygen atoms in total. The van der Waals surface area contributed by atoms with Gasteiger partial charge in [-0.2, -0.15) is 0 Å². The normalized spacial score (nSPS) is 31.3. The minimum atomic E-state index is -0.0669. The van der Waals surface area contributed by atoms with Crippen molar-refractivity contribution in [3.8, 4) is 0 Å². The summed E-state index contributed by atoms with van der Waals surface area (Å²) < 4.78 is 5.34. The third-order valence-electron chi connectivity index (χ3n) is 5.48. The Morgan fingerprint density at radius 3 is 2.58 bits per heavy atom. The number of rotatable bonds is 4. The number of nitrogens with one attached hydrogen (secondary N) is 2. The molecule has 2 saturated carbocycles. The third kappa shape index (κ3) is 2.52. The van der Waals surface area contributed by atoms with Crippen LogP contribution in [0.3, 0.4) is 0 Å². The van der Waals surface area contributed by atoms with E-state index >= 15 is 0 Å². The van der Waals surface area contributed by atoms with Gasteiger partial charge in [0.15, 0.2) is 0 Å². The molecule has 0 radical (unpaired) electrons. The zero-order valence-corrected chi connectivity index (χ0v) is 12.0. The molecule has 1 spiro atoms. The van der Waals surface area contributed by atoms with Gasteiger partial charge in [0.1, 0.15) is 0 Å². The Morgan fingerprint density at radius 1 is 1.26 bits per heavy atom. The van der Waals surface area contributed by atoms with E-state index in [-0.39, 0.29) is 11.5 Å². The molecule has 19 heavy (non-hydrogen) atoms. The second-order valence-corrected chi connectivity index (χ2v) is 6.78. The van der Waals surface area contributed by atoms with Gasteiger partial charge in [0.25, 0.3) is 0 Å². The van der Waals surface area contributed by atoms with E-state index in [1.165, 1.54) is 25.7 Å². The van der Waals surface area contributed by atoms with Crippen LogP contribution in [0, 0.1) is 11.3 Å². The lowest BCUT2D eigenvalue weighted by Crippen LogP contribution is -2.51. The van der Waals surface area contributed by atoms with E-state index in [9.17, 15) is 4.79 Å². The Balaban J connectivity index is 1.59. The van der Waals surface area contributed by atoms with Crippen LogP contribution in [-0.2, 0) is 9.53 Å². The molecule has 0 aromatic carbocycles. The van der Waals surface area contributed by atoms with Gasteiger partial charge in [0.05, 0.1) is 12.1 Å². The smallest absolute Gasteiger partial charge is 0.224 e. The van der Waals surface area contributed by atoms with E-state index in [4.69, 9.17) is 4.74 Å². The van der Waals surface area contributed by atoms with E-state index < -0.39 is 0 Å². The van der Waals surface area contributed by atoms with Crippen molar-refractivity contribution in [2.45, 2.75) is 50.5 Å². The number of carbonyl (C=O) groups excluding carboxylic acids is 1. The van der Waals surface area contributed by atoms with Crippen molar-refractivity contribution in [3.63, 3.8) is 0 Å². The summed E-state index contributed by atoms with van der Waals surface area (Å²) in [6.45, 7) is 2.82. The SMILES string of the molecule is COCC1(NC(=O)[C@@H]2CC23CCNCC3)CCCC1. The van der Waals surface area contributed by atoms with E-state index in [1.807, 2.05) is 0 Å². The molecule has 2 aliphatic carbocycles. The van der Waals surface area contributed by atoms with Crippen LogP contribution in [0.4, 0.5) is 0 Å². The molecule has 4 heteroatoms. The summed E-state index contributed by atoms with van der Waals surface area (Å²) in [5, 5.41) is 6.73. The molecule has 3 aliphatic rings. The number of hydrogen-bond acceptors (Lipinski definition) is 3. The van der Waals surface area contributed by atoms with E-state index in [2.05, 4.69) is 10.6 Å². The maximum Gasteiger partial charge on any atom is 0.224 e. The molecule has 0 bridgehead atoms. The van der Waals surface area contributed by atoms with Gasteiger partial charge < -0.3 is 15.4 Å². The Labute approximate surface area is 115 Å². The van der Waals surface area contributed by atoms with Gasteiger partial charge in [-0.1, -0.05) is 12.8 Å². The minimum absolute atomic E-state index is 0.0669. The molecule has 3 rings (SSSR count). The Kier molecular flexibility index (Phi) is 3.56. The fourth-order valence-electron chi connectivity index (χ4n) is 4.18. The van der Waals surface area contributed by atoms with Crippen molar-refractivity contribution in [1.82, 2.24) is 10.6 Å². The maximum atomic E-state index is 12.5. The number of amides is 1. The van der Waals surface area contributed by atoms with Gasteiger partial charge in [-0.15, -0.1) is 0 Å². The van der Waals surface area contributed by atoms with Crippen LogP contribution in [0.1, 0.15) is 44.9 Å². The zero-order chi connectivity index (χ0) is 13.3. The van der Waals surface area contributed by atoms with Gasteiger partial charge in [0.2, 0.25) is 5.91 Å². The molecule has 2 N–H and O–H groups in total. The van der Waals surface area contributed by atoms with Crippen LogP contribution in [0.2, 0.25) is 0 Å². The van der Waals surface area contributed by atoms with Crippen molar-refractivity contribution < 1.29 is 9.53 Å². The Hall–Kier alpha value is -0.610. The lowest BCUT2D eigenvalue weighted by Gasteiger charge is -2.30. The lowest BCUT2D eigenvalue weighted by atomic mass is 9.91. The highest BCUT2D eigenvalue weighted by atomic mass is 16.5. The van der Waals surface area contributed by atoms with Gasteiger partial charge in [-0.25, -0.2) is 0 Å². The first-order chi connectivity index (χ1) is 9.20. The first kappa shape index (κ1) is 13.4. The van der Waals surface area contributed by atoms with E-state index in [0.717, 1.165) is 32.4 Å². The molecular formula is C15H26N2O2. The molecule has 108 valence electrons. The van der Waals surface area contributed by atoms with Crippen molar-refractivity contribution in [2.24, 2.45) is 11.3 Å². The highest BCUT2D eigenvalue weighted by Crippen LogP contribution is 2.58. The summed E-state index contributed by atoms with van der Waals surface area (Å²) in [4.78, 5) is 12.5. The average molecular weight is 266 g/mol. The predicted octanol–water partition coefficient (Wildman–Crippen LogP) is 1.45. The van der Waals surface area contributed by atoms with Crippen molar-refractivity contribution in [2.75, 3.05) is 26.8 Å². The van der Waals surface area contributed by atoms with Gasteiger partial charge >= 0.3 is 0 Å². The molecule has 1 saturated heterocycles. The molecule has 3 fully saturated rings. The molecule has 0 aromatic rings. The number of hydrogen-bond donors (Lipinski definition) is 2. The number of methoxy groups -OCH3 is 1. The van der Waals surface area contributed by atoms with Gasteiger partial charge in [-0.3, -0.25) is 4.79 Å². The fraction of sp³-hybridized carbons (Fsp3) is 0.933. The Bertz CT molecular complexity index is 344. The van der Waals surface area contributed by atoms with Crippen molar-refractivity contribution >= 4 is 5.91 Å². The van der Waals surface area contributed by atoms with Crippen LogP contribution in [0.25, 0.3) is 0 Å². The molecular weight excluding hydrogens is 240 g/mol. The van der Waals surface area contributed by atoms with Gasteiger partial charge in [0, 0.05) is 13.0 Å². The third-order valence-corrected chi connectivity index (χ3v) is 5.48. The number of carbonyl (C=O) groups is 1. The number of ether oxygens (including phenoxy) is 1. The Morgan fingerprint density at radius 2 is 1.95 bits per heavy atom. The van der Waals surface area contributed by atoms with Crippen LogP contribution in [0.5, 0.6) is 0 Å². The summed E-state index contributed by atoms with van der Waals surface area (Å²) in [7, 11) is 1.73. The van der Waals surface area contributed by atoms with Crippen LogP contribution >= 0.6 is 0 Å². The second-order valence-electron chi connectivity index (χ2n) is 6.78. The van der Waals surface area contributed by atoms with Crippen LogP contribution < -0.4 is 10.6 Å². The standard InChI is InChI=1S/C15H26N2O2/c1-19-11-15(4-2-3-5-15)17-13(18)12-10-14(12)6-8-16-9-7-14/h12,16H,2-11H2,1H3,(H,17,18)/t12-/m0/s1. The largest absolute Gasteiger partial charge is 0.382 e. The summed E-state index contributed by atoms with van der Waals surface area (Å²) in [6, 6.07) is 0. The monoisotopic (exact) mass is 266 g/mol. The summed E-state index contributed by atoms with van der Waals surface area (Å²) in [6.07, 6.45) is 8.02. The fourth-order valence-corrected chi connectivity index (χ4v) is 4.18. The van der Waals surface area contributed by atoms with Crippen molar-refractivity contribution in [1.29, 1.82) is 0 Å². The highest BCUT2D eigenvalue weighted by Gasteiger charge is 2.58. The lowest BCUT2D eigenvalue weighted by molar-refractivity contribution is -0.126. The first-order valence-corrected chi connectivity index (χ1v) is 7.72. The van der Waals surface area contributed by atoms with E-state index in [0.29, 0.717) is 17.9 Å². The molecule has 1 aliphatic heterocycles. The molecule has 0 aromatic heterocycles. The maximum absolute atomic E-state index is 12.5. The number of piperidine rings is 1. The van der Waals surface area contributed by atoms with Crippen LogP contribution in [-0.4, -0.2) is 38.3 Å². The zero-order valence-electron chi connectivity index (χ0n) is 12.0. The first-order valence-electron chi connectivity index (χ1n) is 7.72. The average Bonchev–Trinajstić information content (AvgIpc) is 2.90. The molecule has 1 heterocycles. The molecule has 0 unspecified atom stereocenters. The predicted molar refractivity (Wildman–Crippen MR) is 73.9 cm³/mol. The molecule has 1 amide bonds. The quantitative estimate of drug-likeness (QED) is 0.810. The summed E-state index contributed by atoms with van der Waals surface area (Å²) >= 11 is 0. The second kappa shape index (κ2) is 5.06. The highest BCUT2D eigenvalue weighted by molar-refractivity contribution is 5.83. The van der Waals surface area contributed by atoms with Crippen LogP contribution in [0.15, 0.2) is 0 Å². The minimum Gasteiger partial charge on any atom is -0.382 e. The van der Waals surface area contributed by atoms with E-state index in [1.54, 1.807) is 7.11 Å².